The number of hydrogen-bond donors (Lipinski definition) is 1. The van der Waals surface area contributed by atoms with Gasteiger partial charge in [-0.2, -0.15) is 51.2 Å². The van der Waals surface area contributed by atoms with Gasteiger partial charge in [0.05, 0.1) is 69.6 Å². The smallest absolute Gasteiger partial charge is 0.542 e. The summed E-state index contributed by atoms with van der Waals surface area (Å²) in [4.78, 5) is 87.7. The van der Waals surface area contributed by atoms with E-state index in [0.29, 0.717) is 46.1 Å². The number of carbonyl (C=O) groups is 6. The number of amides is 6. The Labute approximate surface area is 403 Å². The van der Waals surface area contributed by atoms with Crippen LogP contribution in [-0.2, 0) is 33.5 Å². The number of carboxylic acid groups (broad SMARTS) is 1. The first-order valence-electron chi connectivity index (χ1n) is 19.6. The first kappa shape index (κ1) is 53.6. The van der Waals surface area contributed by atoms with Crippen LogP contribution in [0.25, 0.3) is 16.7 Å². The third-order valence-electron chi connectivity index (χ3n) is 9.59. The van der Waals surface area contributed by atoms with Gasteiger partial charge in [0.25, 0.3) is 0 Å². The average Bonchev–Trinajstić information content (AvgIpc) is 4.18. The van der Waals surface area contributed by atoms with Gasteiger partial charge in [-0.05, 0) is 32.1 Å². The summed E-state index contributed by atoms with van der Waals surface area (Å²) in [6, 6.07) is -3.92. The number of halogens is 7. The molecule has 6 amide bonds. The molecule has 3 aromatic rings. The van der Waals surface area contributed by atoms with Gasteiger partial charge in [-0.25, -0.2) is 38.9 Å². The minimum absolute atomic E-state index is 0. The molecule has 3 atom stereocenters. The van der Waals surface area contributed by atoms with Crippen molar-refractivity contribution in [1.82, 2.24) is 44.8 Å². The van der Waals surface area contributed by atoms with Gasteiger partial charge >= 0.3 is 65.9 Å². The maximum absolute atomic E-state index is 13.7. The van der Waals surface area contributed by atoms with E-state index in [1.54, 1.807) is 17.2 Å². The van der Waals surface area contributed by atoms with Gasteiger partial charge in [0.1, 0.15) is 24.8 Å². The molecule has 6 bridgehead atoms. The first-order chi connectivity index (χ1) is 32.0. The van der Waals surface area contributed by atoms with Crippen molar-refractivity contribution >= 4 is 68.7 Å². The average molecular weight is 1050 g/mol. The van der Waals surface area contributed by atoms with E-state index in [2.05, 4.69) is 34.1 Å². The largest absolute Gasteiger partial charge is 1.00 e. The molecule has 1 N–H and O–H groups in total. The number of ether oxygens (including phenoxy) is 2. The number of urea groups is 3. The molecule has 3 fully saturated rings. The molecule has 9 heterocycles. The van der Waals surface area contributed by atoms with Gasteiger partial charge in [0.2, 0.25) is 17.7 Å². The number of hydroxylamine groups is 6. The maximum Gasteiger partial charge on any atom is 1.00 e. The molecule has 3 aromatic heterocycles. The Morgan fingerprint density at radius 3 is 1.36 bits per heavy atom. The van der Waals surface area contributed by atoms with Gasteiger partial charge in [0.15, 0.2) is 0 Å². The molecule has 32 heteroatoms. The Balaban J connectivity index is 0.000000179. The number of hydrogen-bond acceptors (Lipinski definition) is 18. The summed E-state index contributed by atoms with van der Waals surface area (Å²) >= 11 is 1.84. The molecular formula is C37H35BrF6LiN9O15. The molecule has 3 unspecified atom stereocenters. The molecule has 6 aliphatic rings. The SMILES string of the molecule is CCOC(=O)C(F)(F)Br.CCOC(=O)C(F)(F)ON1C(=O)N2CC(c3ncco3)=CC1C2.O=C1N2CC(c3ncco3)=CC(C2)N1O.O=C1N2CC(c3ncco3)=CC(C2)N1OC(F)(F)C(=O)[O-].[Li+]. The topological polar surface area (TPSA) is 280 Å². The number of oxazole rings is 3. The van der Waals surface area contributed by atoms with Crippen LogP contribution in [0.3, 0.4) is 0 Å². The summed E-state index contributed by atoms with van der Waals surface area (Å²) in [6.45, 7) is 4.07. The fraction of sp³-hybridized carbons (Fsp3) is 0.432. The van der Waals surface area contributed by atoms with Crippen LogP contribution in [0.2, 0.25) is 0 Å². The zero-order valence-corrected chi connectivity index (χ0v) is 37.5. The Hall–Kier alpha value is -6.39. The van der Waals surface area contributed by atoms with Crippen molar-refractivity contribution in [2.24, 2.45) is 0 Å². The molecular weight excluding hydrogens is 1010 g/mol. The molecule has 0 aromatic carbocycles. The fourth-order valence-corrected chi connectivity index (χ4v) is 6.86. The van der Waals surface area contributed by atoms with Crippen LogP contribution in [0.5, 0.6) is 0 Å². The van der Waals surface area contributed by atoms with E-state index in [1.165, 1.54) is 60.9 Å². The van der Waals surface area contributed by atoms with Gasteiger partial charge in [0, 0.05) is 52.3 Å². The van der Waals surface area contributed by atoms with E-state index in [4.69, 9.17) is 13.3 Å². The van der Waals surface area contributed by atoms with Gasteiger partial charge in [-0.15, -0.1) is 0 Å². The zero-order chi connectivity index (χ0) is 49.7. The van der Waals surface area contributed by atoms with Gasteiger partial charge < -0.3 is 47.3 Å². The van der Waals surface area contributed by atoms with E-state index in [1.807, 2.05) is 22.0 Å². The Kier molecular flexibility index (Phi) is 17.0. The second kappa shape index (κ2) is 21.9. The summed E-state index contributed by atoms with van der Waals surface area (Å²) in [7, 11) is 0. The van der Waals surface area contributed by atoms with Crippen LogP contribution in [-0.4, -0.2) is 174 Å². The summed E-state index contributed by atoms with van der Waals surface area (Å²) in [5.41, 5.74) is 1.93. The van der Waals surface area contributed by atoms with E-state index in [0.717, 1.165) is 10.6 Å². The Morgan fingerprint density at radius 2 is 1.03 bits per heavy atom. The standard InChI is InChI=1S/C13H13F2N3O5.C11H9F2N3O5.C9H9N3O3.C4H5BrF2O2.Li/c1-2-21-11(19)13(14,15)23-18-9-5-8(10-16-3-4-22-10)6-17(7-9)12(18)20;12-11(13,9(17)18)21-16-7-3-6(8-14-1-2-20-8)4-15(5-7)10(16)19;13-9-11-4-6(8-10-1-2-15-8)3-7(5-11)12(9)14;1-2-9-3(8)4(5,6)7;/h3-5,9H,2,6-7H2,1H3;1-3,7H,4-5H2,(H,17,18);1-3,7,14H,4-5H2;2H2,1H3;/q;;;;+1/p-1. The van der Waals surface area contributed by atoms with E-state index < -0.39 is 59.1 Å². The third kappa shape index (κ3) is 12.4. The van der Waals surface area contributed by atoms with Gasteiger partial charge in [-0.3, -0.25) is 5.21 Å². The number of rotatable bonds is 12. The third-order valence-corrected chi connectivity index (χ3v) is 9.92. The quantitative estimate of drug-likeness (QED) is 0.0810. The van der Waals surface area contributed by atoms with Crippen molar-refractivity contribution in [1.29, 1.82) is 0 Å². The molecule has 6 aliphatic heterocycles. The number of carbonyl (C=O) groups excluding carboxylic acids is 6. The van der Waals surface area contributed by atoms with Crippen LogP contribution in [0, 0.1) is 0 Å². The number of carboxylic acids is 1. The zero-order valence-electron chi connectivity index (χ0n) is 35.9. The predicted octanol–water partition coefficient (Wildman–Crippen LogP) is -0.174. The molecule has 0 aliphatic carbocycles. The van der Waals surface area contributed by atoms with Crippen molar-refractivity contribution in [2.45, 2.75) is 49.0 Å². The molecule has 0 saturated carbocycles. The number of aromatic nitrogens is 3. The van der Waals surface area contributed by atoms with Crippen molar-refractivity contribution < 1.29 is 117 Å². The minimum atomic E-state index is -4.59. The number of aliphatic carboxylic acids is 1. The Morgan fingerprint density at radius 1 is 0.667 bits per heavy atom. The fourth-order valence-electron chi connectivity index (χ4n) is 6.74. The summed E-state index contributed by atoms with van der Waals surface area (Å²) in [5.74, 6) is -5.06. The minimum Gasteiger partial charge on any atom is -0.542 e. The summed E-state index contributed by atoms with van der Waals surface area (Å²) < 4.78 is 101. The monoisotopic (exact) mass is 1050 g/mol. The molecule has 69 heavy (non-hydrogen) atoms. The number of esters is 2. The molecule has 0 radical (unpaired) electrons. The number of nitrogens with zero attached hydrogens (tertiary/aromatic N) is 9. The van der Waals surface area contributed by atoms with Crippen LogP contribution in [0.4, 0.5) is 40.7 Å². The van der Waals surface area contributed by atoms with Crippen LogP contribution < -0.4 is 24.0 Å². The van der Waals surface area contributed by atoms with E-state index >= 15 is 0 Å². The number of alkyl halides is 7. The Bertz CT molecular complexity index is 2430. The normalized spacial score (nSPS) is 20.3. The number of fused-ring (bicyclic) bond motifs is 6. The second-order valence-electron chi connectivity index (χ2n) is 14.2. The molecule has 9 rings (SSSR count). The van der Waals surface area contributed by atoms with Crippen molar-refractivity contribution in [3.8, 4) is 0 Å². The van der Waals surface area contributed by atoms with Crippen molar-refractivity contribution in [2.75, 3.05) is 52.5 Å². The van der Waals surface area contributed by atoms with Crippen molar-refractivity contribution in [3.63, 3.8) is 0 Å². The molecule has 3 saturated heterocycles. The van der Waals surface area contributed by atoms with Crippen molar-refractivity contribution in [3.05, 3.63) is 73.3 Å². The summed E-state index contributed by atoms with van der Waals surface area (Å²) in [5, 5.41) is 21.3. The molecule has 0 spiro atoms. The molecule has 24 nitrogen and oxygen atoms in total. The maximum atomic E-state index is 13.7. The van der Waals surface area contributed by atoms with E-state index in [-0.39, 0.29) is 76.2 Å². The predicted molar refractivity (Wildman–Crippen MR) is 207 cm³/mol. The van der Waals surface area contributed by atoms with Gasteiger partial charge in [-0.1, -0.05) is 0 Å². The molecule has 368 valence electrons. The second-order valence-corrected chi connectivity index (χ2v) is 15.2. The first-order valence-corrected chi connectivity index (χ1v) is 20.3. The summed E-state index contributed by atoms with van der Waals surface area (Å²) in [6.07, 6.45) is 4.58. The van der Waals surface area contributed by atoms with Crippen LogP contribution in [0.1, 0.15) is 31.5 Å². The van der Waals surface area contributed by atoms with Crippen LogP contribution >= 0.6 is 15.9 Å². The van der Waals surface area contributed by atoms with Crippen LogP contribution in [0.15, 0.2) is 68.9 Å². The van der Waals surface area contributed by atoms with E-state index in [9.17, 15) is 65.4 Å².